The summed E-state index contributed by atoms with van der Waals surface area (Å²) in [6.07, 6.45) is 0. The Kier molecular flexibility index (Phi) is 2.51. The van der Waals surface area contributed by atoms with Gasteiger partial charge in [0.1, 0.15) is 0 Å². The van der Waals surface area contributed by atoms with Gasteiger partial charge < -0.3 is 4.98 Å². The summed E-state index contributed by atoms with van der Waals surface area (Å²) in [4.78, 5) is 32.9. The molecule has 0 aliphatic carbocycles. The molecule has 0 fully saturated rings. The molecule has 0 spiro atoms. The third-order valence-corrected chi connectivity index (χ3v) is 1.88. The molecule has 0 bridgehead atoms. The van der Waals surface area contributed by atoms with Gasteiger partial charge in [0.25, 0.3) is 0 Å². The second-order valence-corrected chi connectivity index (χ2v) is 2.92. The van der Waals surface area contributed by atoms with Crippen molar-refractivity contribution in [3.8, 4) is 0 Å². The van der Waals surface area contributed by atoms with Crippen molar-refractivity contribution in [1.29, 1.82) is 0 Å². The molecule has 0 aromatic carbocycles. The molecule has 8 heteroatoms. The van der Waals surface area contributed by atoms with Crippen molar-refractivity contribution in [2.24, 2.45) is 0 Å². The Morgan fingerprint density at radius 2 is 1.33 bits per heavy atom. The van der Waals surface area contributed by atoms with Crippen LogP contribution in [0.1, 0.15) is 11.4 Å². The molecule has 1 N–H and O–H groups in total. The molecule has 1 aromatic rings. The van der Waals surface area contributed by atoms with Gasteiger partial charge in [0, 0.05) is 0 Å². The van der Waals surface area contributed by atoms with Crippen molar-refractivity contribution >= 4 is 11.4 Å². The summed E-state index contributed by atoms with van der Waals surface area (Å²) < 4.78 is 0. The molecule has 0 amide bonds. The molecule has 1 rings (SSSR count). The van der Waals surface area contributed by atoms with Crippen LogP contribution in [0, 0.1) is 34.1 Å². The minimum absolute atomic E-state index is 0.00750. The first-order chi connectivity index (χ1) is 6.86. The zero-order chi connectivity index (χ0) is 11.7. The van der Waals surface area contributed by atoms with Gasteiger partial charge in [-0.05, 0) is 13.8 Å². The number of H-pyrrole nitrogens is 1. The van der Waals surface area contributed by atoms with E-state index in [-0.39, 0.29) is 11.4 Å². The standard InChI is InChI=1S/C7H7N3O5/c1-3-5(9(12)13)7(11)6(10(14)15)4(2)8-3/h1-2H3,(H,8,11). The van der Waals surface area contributed by atoms with E-state index in [0.29, 0.717) is 0 Å². The van der Waals surface area contributed by atoms with Gasteiger partial charge in [0.15, 0.2) is 0 Å². The van der Waals surface area contributed by atoms with E-state index >= 15 is 0 Å². The number of nitrogens with one attached hydrogen (secondary N) is 1. The quantitative estimate of drug-likeness (QED) is 0.575. The van der Waals surface area contributed by atoms with Crippen molar-refractivity contribution in [2.45, 2.75) is 13.8 Å². The highest BCUT2D eigenvalue weighted by molar-refractivity contribution is 5.47. The third kappa shape index (κ3) is 1.68. The summed E-state index contributed by atoms with van der Waals surface area (Å²) in [6.45, 7) is 2.63. The lowest BCUT2D eigenvalue weighted by molar-refractivity contribution is -0.397. The number of rotatable bonds is 2. The number of nitrogens with zero attached hydrogens (tertiary/aromatic N) is 2. The van der Waals surface area contributed by atoms with Crippen LogP contribution in [0.2, 0.25) is 0 Å². The predicted octanol–water partition coefficient (Wildman–Crippen LogP) is 0.808. The van der Waals surface area contributed by atoms with Crippen molar-refractivity contribution in [3.63, 3.8) is 0 Å². The molecular formula is C7H7N3O5. The molecule has 0 unspecified atom stereocenters. The van der Waals surface area contributed by atoms with Crippen LogP contribution in [-0.2, 0) is 0 Å². The summed E-state index contributed by atoms with van der Waals surface area (Å²) in [5, 5.41) is 21.0. The average Bonchev–Trinajstić information content (AvgIpc) is 1.99. The highest BCUT2D eigenvalue weighted by Gasteiger charge is 2.28. The fourth-order valence-corrected chi connectivity index (χ4v) is 1.29. The number of aromatic amines is 1. The molecule has 0 atom stereocenters. The summed E-state index contributed by atoms with van der Waals surface area (Å²) in [6, 6.07) is 0. The third-order valence-electron chi connectivity index (χ3n) is 1.88. The molecule has 15 heavy (non-hydrogen) atoms. The van der Waals surface area contributed by atoms with E-state index < -0.39 is 26.7 Å². The summed E-state index contributed by atoms with van der Waals surface area (Å²) >= 11 is 0. The second kappa shape index (κ2) is 3.48. The van der Waals surface area contributed by atoms with Crippen LogP contribution < -0.4 is 5.43 Å². The van der Waals surface area contributed by atoms with Gasteiger partial charge in [0.05, 0.1) is 21.2 Å². The first-order valence-corrected chi connectivity index (χ1v) is 3.88. The highest BCUT2D eigenvalue weighted by Crippen LogP contribution is 2.17. The Morgan fingerprint density at radius 3 is 1.60 bits per heavy atom. The molecule has 0 radical (unpaired) electrons. The van der Waals surface area contributed by atoms with E-state index in [1.807, 2.05) is 0 Å². The Labute approximate surface area is 82.8 Å². The van der Waals surface area contributed by atoms with E-state index in [4.69, 9.17) is 0 Å². The predicted molar refractivity (Wildman–Crippen MR) is 49.8 cm³/mol. The van der Waals surface area contributed by atoms with Crippen LogP contribution in [-0.4, -0.2) is 14.8 Å². The Bertz CT molecular complexity index is 463. The lowest BCUT2D eigenvalue weighted by Gasteiger charge is -2.00. The van der Waals surface area contributed by atoms with E-state index in [1.165, 1.54) is 13.8 Å². The van der Waals surface area contributed by atoms with E-state index in [2.05, 4.69) is 4.98 Å². The SMILES string of the molecule is Cc1[nH]c(C)c([N+](=O)[O-])c(=O)c1[N+](=O)[O-]. The highest BCUT2D eigenvalue weighted by atomic mass is 16.6. The van der Waals surface area contributed by atoms with Crippen LogP contribution in [0.15, 0.2) is 4.79 Å². The maximum Gasteiger partial charge on any atom is 0.342 e. The number of hydrogen-bond acceptors (Lipinski definition) is 5. The Hall–Kier alpha value is -2.25. The molecule has 1 aromatic heterocycles. The van der Waals surface area contributed by atoms with Crippen molar-refractivity contribution in [1.82, 2.24) is 4.98 Å². The zero-order valence-corrected chi connectivity index (χ0v) is 7.94. The maximum atomic E-state index is 11.4. The first-order valence-electron chi connectivity index (χ1n) is 3.88. The van der Waals surface area contributed by atoms with Gasteiger partial charge in [-0.2, -0.15) is 0 Å². The lowest BCUT2D eigenvalue weighted by Crippen LogP contribution is -2.17. The van der Waals surface area contributed by atoms with Gasteiger partial charge in [-0.3, -0.25) is 25.0 Å². The lowest BCUT2D eigenvalue weighted by atomic mass is 10.2. The normalized spacial score (nSPS) is 10.0. The largest absolute Gasteiger partial charge is 0.351 e. The molecule has 0 saturated heterocycles. The Morgan fingerprint density at radius 1 is 1.00 bits per heavy atom. The molecule has 0 aliphatic heterocycles. The van der Waals surface area contributed by atoms with Gasteiger partial charge in [-0.15, -0.1) is 0 Å². The Balaban J connectivity index is 3.72. The van der Waals surface area contributed by atoms with Crippen LogP contribution >= 0.6 is 0 Å². The second-order valence-electron chi connectivity index (χ2n) is 2.92. The van der Waals surface area contributed by atoms with Crippen LogP contribution in [0.3, 0.4) is 0 Å². The summed E-state index contributed by atoms with van der Waals surface area (Å²) in [7, 11) is 0. The molecule has 8 nitrogen and oxygen atoms in total. The average molecular weight is 213 g/mol. The molecule has 80 valence electrons. The van der Waals surface area contributed by atoms with Crippen LogP contribution in [0.25, 0.3) is 0 Å². The monoisotopic (exact) mass is 213 g/mol. The molecular weight excluding hydrogens is 206 g/mol. The van der Waals surface area contributed by atoms with Crippen molar-refractivity contribution < 1.29 is 9.85 Å². The van der Waals surface area contributed by atoms with Crippen LogP contribution in [0.5, 0.6) is 0 Å². The topological polar surface area (TPSA) is 119 Å². The fraction of sp³-hybridized carbons (Fsp3) is 0.286. The van der Waals surface area contributed by atoms with Crippen molar-refractivity contribution in [3.05, 3.63) is 41.8 Å². The van der Waals surface area contributed by atoms with Gasteiger partial charge in [-0.1, -0.05) is 0 Å². The first kappa shape index (κ1) is 10.8. The smallest absolute Gasteiger partial charge is 0.342 e. The molecule has 1 heterocycles. The van der Waals surface area contributed by atoms with E-state index in [9.17, 15) is 25.0 Å². The van der Waals surface area contributed by atoms with Crippen LogP contribution in [0.4, 0.5) is 11.4 Å². The van der Waals surface area contributed by atoms with Gasteiger partial charge in [0.2, 0.25) is 0 Å². The molecule has 0 aliphatic rings. The summed E-state index contributed by atoms with van der Waals surface area (Å²) in [5.74, 6) is 0. The number of pyridine rings is 1. The van der Waals surface area contributed by atoms with Gasteiger partial charge in [-0.25, -0.2) is 0 Å². The molecule has 0 saturated carbocycles. The van der Waals surface area contributed by atoms with E-state index in [1.54, 1.807) is 0 Å². The van der Waals surface area contributed by atoms with Crippen molar-refractivity contribution in [2.75, 3.05) is 0 Å². The fourth-order valence-electron chi connectivity index (χ4n) is 1.29. The minimum Gasteiger partial charge on any atom is -0.351 e. The van der Waals surface area contributed by atoms with E-state index in [0.717, 1.165) is 0 Å². The maximum absolute atomic E-state index is 11.4. The summed E-state index contributed by atoms with van der Waals surface area (Å²) in [5.41, 5.74) is -2.72. The van der Waals surface area contributed by atoms with Gasteiger partial charge >= 0.3 is 16.8 Å². The minimum atomic E-state index is -1.17. The number of hydrogen-bond donors (Lipinski definition) is 1. The zero-order valence-electron chi connectivity index (χ0n) is 7.94. The number of nitro groups is 2. The number of aryl methyl sites for hydroxylation is 2. The number of aromatic nitrogens is 1.